The number of nitrogens with one attached hydrogen (secondary N) is 2. The molecule has 1 aromatic carbocycles. The number of amides is 3. The van der Waals surface area contributed by atoms with E-state index in [1.54, 1.807) is 29.2 Å². The molecule has 3 amide bonds. The number of aliphatic carboxylic acids is 1. The summed E-state index contributed by atoms with van der Waals surface area (Å²) in [7, 11) is 0. The van der Waals surface area contributed by atoms with Crippen molar-refractivity contribution in [2.24, 2.45) is 5.92 Å². The summed E-state index contributed by atoms with van der Waals surface area (Å²) in [6.07, 6.45) is 0.898. The minimum absolute atomic E-state index is 0.0112. The Kier molecular flexibility index (Phi) is 5.78. The van der Waals surface area contributed by atoms with E-state index in [1.807, 2.05) is 13.8 Å². The lowest BCUT2D eigenvalue weighted by Crippen LogP contribution is -2.41. The molecule has 130 valence electrons. The van der Waals surface area contributed by atoms with Crippen molar-refractivity contribution in [2.75, 3.05) is 18.4 Å². The van der Waals surface area contributed by atoms with Crippen LogP contribution in [0.4, 0.5) is 10.5 Å². The number of carbonyl (C=O) groups excluding carboxylic acids is 2. The summed E-state index contributed by atoms with van der Waals surface area (Å²) in [4.78, 5) is 37.2. The van der Waals surface area contributed by atoms with E-state index >= 15 is 0 Å². The van der Waals surface area contributed by atoms with Gasteiger partial charge in [-0.05, 0) is 38.8 Å². The summed E-state index contributed by atoms with van der Waals surface area (Å²) in [6, 6.07) is 6.45. The normalized spacial score (nSPS) is 15.2. The van der Waals surface area contributed by atoms with Crippen LogP contribution in [0, 0.1) is 5.92 Å². The van der Waals surface area contributed by atoms with Crippen molar-refractivity contribution in [1.29, 1.82) is 0 Å². The number of likely N-dealkylation sites (tertiary alicyclic amines) is 1. The molecule has 0 saturated carbocycles. The van der Waals surface area contributed by atoms with Crippen LogP contribution in [0.1, 0.15) is 37.0 Å². The van der Waals surface area contributed by atoms with Gasteiger partial charge in [0, 0.05) is 19.1 Å². The van der Waals surface area contributed by atoms with E-state index in [-0.39, 0.29) is 23.9 Å². The van der Waals surface area contributed by atoms with Crippen LogP contribution in [-0.2, 0) is 4.79 Å². The molecule has 0 spiro atoms. The minimum Gasteiger partial charge on any atom is -0.481 e. The zero-order chi connectivity index (χ0) is 17.7. The molecule has 0 atom stereocenters. The van der Waals surface area contributed by atoms with Crippen LogP contribution >= 0.6 is 0 Å². The van der Waals surface area contributed by atoms with E-state index in [2.05, 4.69) is 10.6 Å². The van der Waals surface area contributed by atoms with Gasteiger partial charge in [0.25, 0.3) is 5.91 Å². The molecule has 7 nitrogen and oxygen atoms in total. The molecule has 0 radical (unpaired) electrons. The Morgan fingerprint density at radius 1 is 1.17 bits per heavy atom. The molecule has 7 heteroatoms. The van der Waals surface area contributed by atoms with E-state index in [1.165, 1.54) is 0 Å². The molecular weight excluding hydrogens is 310 g/mol. The van der Waals surface area contributed by atoms with Gasteiger partial charge in [0.15, 0.2) is 0 Å². The van der Waals surface area contributed by atoms with Crippen molar-refractivity contribution >= 4 is 23.6 Å². The lowest BCUT2D eigenvalue weighted by atomic mass is 9.96. The molecule has 1 heterocycles. The van der Waals surface area contributed by atoms with Gasteiger partial charge in [-0.15, -0.1) is 0 Å². The van der Waals surface area contributed by atoms with Crippen LogP contribution in [-0.4, -0.2) is 47.0 Å². The van der Waals surface area contributed by atoms with Crippen molar-refractivity contribution in [2.45, 2.75) is 32.7 Å². The van der Waals surface area contributed by atoms with E-state index < -0.39 is 5.97 Å². The Morgan fingerprint density at radius 2 is 1.79 bits per heavy atom. The highest BCUT2D eigenvalue weighted by Gasteiger charge is 2.28. The standard InChI is InChI=1S/C17H23N3O4/c1-11(2)18-17(24)19-14-6-4-3-5-13(14)15(21)20-9-7-12(8-10-20)16(22)23/h3-6,11-12H,7-10H2,1-2H3,(H,22,23)(H2,18,19,24). The number of nitrogens with zero attached hydrogens (tertiary/aromatic N) is 1. The summed E-state index contributed by atoms with van der Waals surface area (Å²) < 4.78 is 0. The number of carbonyl (C=O) groups is 3. The predicted molar refractivity (Wildman–Crippen MR) is 90.0 cm³/mol. The van der Waals surface area contributed by atoms with Gasteiger partial charge in [0.1, 0.15) is 0 Å². The summed E-state index contributed by atoms with van der Waals surface area (Å²) in [5.41, 5.74) is 0.853. The van der Waals surface area contributed by atoms with Gasteiger partial charge in [0.2, 0.25) is 0 Å². The second-order valence-electron chi connectivity index (χ2n) is 6.20. The predicted octanol–water partition coefficient (Wildman–Crippen LogP) is 2.15. The van der Waals surface area contributed by atoms with E-state index in [9.17, 15) is 14.4 Å². The smallest absolute Gasteiger partial charge is 0.319 e. The Morgan fingerprint density at radius 3 is 2.38 bits per heavy atom. The van der Waals surface area contributed by atoms with Gasteiger partial charge in [-0.1, -0.05) is 12.1 Å². The highest BCUT2D eigenvalue weighted by molar-refractivity contribution is 6.03. The SMILES string of the molecule is CC(C)NC(=O)Nc1ccccc1C(=O)N1CCC(C(=O)O)CC1. The Bertz CT molecular complexity index is 622. The second kappa shape index (κ2) is 7.81. The fourth-order valence-corrected chi connectivity index (χ4v) is 2.70. The highest BCUT2D eigenvalue weighted by Crippen LogP contribution is 2.22. The number of urea groups is 1. The molecule has 1 saturated heterocycles. The number of carboxylic acids is 1. The fraction of sp³-hybridized carbons (Fsp3) is 0.471. The Labute approximate surface area is 141 Å². The number of piperidine rings is 1. The van der Waals surface area contributed by atoms with Crippen LogP contribution in [0.25, 0.3) is 0 Å². The van der Waals surface area contributed by atoms with Gasteiger partial charge in [-0.2, -0.15) is 0 Å². The van der Waals surface area contributed by atoms with Crippen LogP contribution < -0.4 is 10.6 Å². The molecule has 0 bridgehead atoms. The summed E-state index contributed by atoms with van der Waals surface area (Å²) in [5.74, 6) is -1.40. The maximum atomic E-state index is 12.7. The fourth-order valence-electron chi connectivity index (χ4n) is 2.70. The number of carboxylic acid groups (broad SMARTS) is 1. The van der Waals surface area contributed by atoms with E-state index in [0.717, 1.165) is 0 Å². The number of hydrogen-bond acceptors (Lipinski definition) is 3. The third-order valence-corrected chi connectivity index (χ3v) is 3.96. The molecule has 24 heavy (non-hydrogen) atoms. The highest BCUT2D eigenvalue weighted by atomic mass is 16.4. The molecule has 1 aliphatic rings. The largest absolute Gasteiger partial charge is 0.481 e. The molecule has 1 aromatic rings. The number of hydrogen-bond donors (Lipinski definition) is 3. The van der Waals surface area contributed by atoms with Crippen LogP contribution in [0.15, 0.2) is 24.3 Å². The molecule has 0 aliphatic carbocycles. The van der Waals surface area contributed by atoms with Gasteiger partial charge >= 0.3 is 12.0 Å². The molecular formula is C17H23N3O4. The number of anilines is 1. The lowest BCUT2D eigenvalue weighted by Gasteiger charge is -2.30. The van der Waals surface area contributed by atoms with Gasteiger partial charge in [-0.3, -0.25) is 9.59 Å². The van der Waals surface area contributed by atoms with Crippen molar-refractivity contribution < 1.29 is 19.5 Å². The first-order valence-corrected chi connectivity index (χ1v) is 8.07. The van der Waals surface area contributed by atoms with Crippen molar-refractivity contribution in [3.05, 3.63) is 29.8 Å². The summed E-state index contributed by atoms with van der Waals surface area (Å²) in [6.45, 7) is 4.51. The number of benzene rings is 1. The quantitative estimate of drug-likeness (QED) is 0.786. The van der Waals surface area contributed by atoms with Crippen LogP contribution in [0.3, 0.4) is 0 Å². The topological polar surface area (TPSA) is 98.7 Å². The summed E-state index contributed by atoms with van der Waals surface area (Å²) in [5, 5.41) is 14.4. The maximum absolute atomic E-state index is 12.7. The first-order valence-electron chi connectivity index (χ1n) is 8.07. The maximum Gasteiger partial charge on any atom is 0.319 e. The van der Waals surface area contributed by atoms with Crippen LogP contribution in [0.2, 0.25) is 0 Å². The van der Waals surface area contributed by atoms with Gasteiger partial charge < -0.3 is 20.6 Å². The van der Waals surface area contributed by atoms with Crippen molar-refractivity contribution in [3.63, 3.8) is 0 Å². The lowest BCUT2D eigenvalue weighted by molar-refractivity contribution is -0.143. The third-order valence-electron chi connectivity index (χ3n) is 3.96. The van der Waals surface area contributed by atoms with Gasteiger partial charge in [-0.25, -0.2) is 4.79 Å². The summed E-state index contributed by atoms with van der Waals surface area (Å²) >= 11 is 0. The zero-order valence-corrected chi connectivity index (χ0v) is 13.9. The molecule has 3 N–H and O–H groups in total. The molecule has 2 rings (SSSR count). The molecule has 0 aromatic heterocycles. The first-order chi connectivity index (χ1) is 11.4. The average molecular weight is 333 g/mol. The Hall–Kier alpha value is -2.57. The molecule has 1 aliphatic heterocycles. The van der Waals surface area contributed by atoms with Crippen LogP contribution in [0.5, 0.6) is 0 Å². The second-order valence-corrected chi connectivity index (χ2v) is 6.20. The van der Waals surface area contributed by atoms with Crippen molar-refractivity contribution in [3.8, 4) is 0 Å². The molecule has 1 fully saturated rings. The zero-order valence-electron chi connectivity index (χ0n) is 13.9. The first kappa shape index (κ1) is 17.8. The third kappa shape index (κ3) is 4.47. The number of rotatable bonds is 4. The Balaban J connectivity index is 2.07. The minimum atomic E-state index is -0.811. The number of para-hydroxylation sites is 1. The monoisotopic (exact) mass is 333 g/mol. The van der Waals surface area contributed by atoms with E-state index in [0.29, 0.717) is 37.2 Å². The van der Waals surface area contributed by atoms with E-state index in [4.69, 9.17) is 5.11 Å². The van der Waals surface area contributed by atoms with Gasteiger partial charge in [0.05, 0.1) is 17.2 Å². The molecule has 0 unspecified atom stereocenters. The average Bonchev–Trinajstić information content (AvgIpc) is 2.54. The van der Waals surface area contributed by atoms with Crippen molar-refractivity contribution in [1.82, 2.24) is 10.2 Å².